The third-order valence-electron chi connectivity index (χ3n) is 2.86. The summed E-state index contributed by atoms with van der Waals surface area (Å²) in [7, 11) is 0. The molecule has 0 fully saturated rings. The first kappa shape index (κ1) is 14.1. The molecule has 1 aromatic rings. The summed E-state index contributed by atoms with van der Waals surface area (Å²) < 4.78 is 39.2. The summed E-state index contributed by atoms with van der Waals surface area (Å²) in [4.78, 5) is 13.6. The average molecular weight is 334 g/mol. The van der Waals surface area contributed by atoms with Gasteiger partial charge in [0.1, 0.15) is 0 Å². The first-order valence-electron chi connectivity index (χ1n) is 5.70. The van der Waals surface area contributed by atoms with Crippen molar-refractivity contribution in [1.82, 2.24) is 4.90 Å². The summed E-state index contributed by atoms with van der Waals surface area (Å²) in [6.45, 7) is 0.800. The second-order valence-electron chi connectivity index (χ2n) is 4.20. The Hall–Kier alpha value is -1.30. The molecule has 0 N–H and O–H groups in total. The molecule has 0 aromatic heterocycles. The van der Waals surface area contributed by atoms with E-state index in [2.05, 4.69) is 15.9 Å². The Balaban J connectivity index is 2.38. The molecule has 6 heteroatoms. The molecule has 102 valence electrons. The van der Waals surface area contributed by atoms with Gasteiger partial charge in [-0.15, -0.1) is 0 Å². The zero-order chi connectivity index (χ0) is 14.0. The normalized spacial score (nSPS) is 15.7. The minimum atomic E-state index is -4.54. The molecule has 1 aliphatic rings. The lowest BCUT2D eigenvalue weighted by molar-refractivity contribution is -0.138. The van der Waals surface area contributed by atoms with Crippen LogP contribution in [0.15, 0.2) is 34.8 Å². The van der Waals surface area contributed by atoms with E-state index in [1.54, 1.807) is 6.08 Å². The molecule has 1 amide bonds. The number of hydrogen-bond acceptors (Lipinski definition) is 1. The molecule has 2 nitrogen and oxygen atoms in total. The number of halogens is 4. The van der Waals surface area contributed by atoms with Gasteiger partial charge in [-0.05, 0) is 24.6 Å². The molecule has 19 heavy (non-hydrogen) atoms. The maximum atomic E-state index is 13.0. The molecule has 1 aliphatic heterocycles. The van der Waals surface area contributed by atoms with E-state index in [4.69, 9.17) is 0 Å². The van der Waals surface area contributed by atoms with Crippen LogP contribution in [-0.2, 0) is 6.18 Å². The van der Waals surface area contributed by atoms with Crippen molar-refractivity contribution in [3.05, 3.63) is 46.0 Å². The van der Waals surface area contributed by atoms with Gasteiger partial charge in [-0.2, -0.15) is 13.2 Å². The predicted molar refractivity (Wildman–Crippen MR) is 68.8 cm³/mol. The number of amides is 1. The summed E-state index contributed by atoms with van der Waals surface area (Å²) in [5, 5.41) is 0. The number of alkyl halides is 3. The maximum Gasteiger partial charge on any atom is 0.417 e. The van der Waals surface area contributed by atoms with Gasteiger partial charge < -0.3 is 4.90 Å². The van der Waals surface area contributed by atoms with Crippen LogP contribution in [0.1, 0.15) is 22.3 Å². The molecule has 0 spiro atoms. The zero-order valence-electron chi connectivity index (χ0n) is 9.88. The summed E-state index contributed by atoms with van der Waals surface area (Å²) in [6, 6.07) is 3.60. The predicted octanol–water partition coefficient (Wildman–Crippen LogP) is 3.87. The number of rotatable bonds is 1. The van der Waals surface area contributed by atoms with Crippen LogP contribution in [0, 0.1) is 0 Å². The highest BCUT2D eigenvalue weighted by Gasteiger charge is 2.36. The summed E-state index contributed by atoms with van der Waals surface area (Å²) in [6.07, 6.45) is -0.173. The van der Waals surface area contributed by atoms with Crippen molar-refractivity contribution in [2.24, 2.45) is 0 Å². The highest BCUT2D eigenvalue weighted by molar-refractivity contribution is 9.10. The van der Waals surface area contributed by atoms with Gasteiger partial charge in [0.05, 0.1) is 11.1 Å². The highest BCUT2D eigenvalue weighted by atomic mass is 79.9. The minimum Gasteiger partial charge on any atom is -0.335 e. The SMILES string of the molecule is O=C(c1ccc(Br)cc1C(F)(F)F)N1CC=CCC1. The molecule has 0 unspecified atom stereocenters. The lowest BCUT2D eigenvalue weighted by Gasteiger charge is -2.25. The van der Waals surface area contributed by atoms with Crippen LogP contribution in [0.4, 0.5) is 13.2 Å². The molecule has 0 radical (unpaired) electrons. The second-order valence-corrected chi connectivity index (χ2v) is 5.11. The van der Waals surface area contributed by atoms with E-state index < -0.39 is 17.6 Å². The van der Waals surface area contributed by atoms with E-state index in [9.17, 15) is 18.0 Å². The first-order chi connectivity index (χ1) is 8.89. The molecular formula is C13H11BrF3NO. The van der Waals surface area contributed by atoms with Crippen LogP contribution in [-0.4, -0.2) is 23.9 Å². The Morgan fingerprint density at radius 3 is 2.58 bits per heavy atom. The lowest BCUT2D eigenvalue weighted by atomic mass is 10.1. The monoisotopic (exact) mass is 333 g/mol. The Morgan fingerprint density at radius 2 is 2.00 bits per heavy atom. The molecule has 1 heterocycles. The average Bonchev–Trinajstić information content (AvgIpc) is 2.38. The van der Waals surface area contributed by atoms with Crippen molar-refractivity contribution in [3.63, 3.8) is 0 Å². The van der Waals surface area contributed by atoms with E-state index in [0.717, 1.165) is 6.07 Å². The summed E-state index contributed by atoms with van der Waals surface area (Å²) >= 11 is 3.00. The van der Waals surface area contributed by atoms with E-state index in [1.165, 1.54) is 17.0 Å². The van der Waals surface area contributed by atoms with Crippen LogP contribution in [0.3, 0.4) is 0 Å². The molecule has 0 bridgehead atoms. The van der Waals surface area contributed by atoms with Crippen molar-refractivity contribution in [1.29, 1.82) is 0 Å². The fourth-order valence-corrected chi connectivity index (χ4v) is 2.29. The fourth-order valence-electron chi connectivity index (χ4n) is 1.93. The molecule has 0 saturated heterocycles. The number of carbonyl (C=O) groups is 1. The van der Waals surface area contributed by atoms with E-state index in [1.807, 2.05) is 6.08 Å². The van der Waals surface area contributed by atoms with Gasteiger partial charge in [-0.1, -0.05) is 28.1 Å². The summed E-state index contributed by atoms with van der Waals surface area (Å²) in [5.41, 5.74) is -1.20. The van der Waals surface area contributed by atoms with Gasteiger partial charge >= 0.3 is 6.18 Å². The molecule has 2 rings (SSSR count). The van der Waals surface area contributed by atoms with Gasteiger partial charge in [0.2, 0.25) is 0 Å². The van der Waals surface area contributed by atoms with Gasteiger partial charge in [0.15, 0.2) is 0 Å². The molecule has 1 aromatic carbocycles. The zero-order valence-corrected chi connectivity index (χ0v) is 11.5. The molecule has 0 aliphatic carbocycles. The third-order valence-corrected chi connectivity index (χ3v) is 3.36. The fraction of sp³-hybridized carbons (Fsp3) is 0.308. The van der Waals surface area contributed by atoms with E-state index >= 15 is 0 Å². The Morgan fingerprint density at radius 1 is 1.26 bits per heavy atom. The largest absolute Gasteiger partial charge is 0.417 e. The van der Waals surface area contributed by atoms with Gasteiger partial charge in [-0.3, -0.25) is 4.79 Å². The van der Waals surface area contributed by atoms with Crippen LogP contribution in [0.25, 0.3) is 0 Å². The Labute approximate surface area is 117 Å². The van der Waals surface area contributed by atoms with E-state index in [-0.39, 0.29) is 5.56 Å². The quantitative estimate of drug-likeness (QED) is 0.714. The standard InChI is InChI=1S/C13H11BrF3NO/c14-9-4-5-10(11(8-9)13(15,16)17)12(19)18-6-2-1-3-7-18/h1-2,4-5,8H,3,6-7H2. The van der Waals surface area contributed by atoms with Gasteiger partial charge in [-0.25, -0.2) is 0 Å². The molecule has 0 saturated carbocycles. The number of hydrogen-bond donors (Lipinski definition) is 0. The van der Waals surface area contributed by atoms with Crippen molar-refractivity contribution in [3.8, 4) is 0 Å². The molecular weight excluding hydrogens is 323 g/mol. The number of carbonyl (C=O) groups excluding carboxylic acids is 1. The van der Waals surface area contributed by atoms with Crippen LogP contribution < -0.4 is 0 Å². The topological polar surface area (TPSA) is 20.3 Å². The second kappa shape index (κ2) is 5.36. The van der Waals surface area contributed by atoms with Crippen LogP contribution in [0.2, 0.25) is 0 Å². The minimum absolute atomic E-state index is 0.300. The Kier molecular flexibility index (Phi) is 3.99. The lowest BCUT2D eigenvalue weighted by Crippen LogP contribution is -2.35. The van der Waals surface area contributed by atoms with Crippen molar-refractivity contribution in [2.45, 2.75) is 12.6 Å². The van der Waals surface area contributed by atoms with Crippen molar-refractivity contribution >= 4 is 21.8 Å². The van der Waals surface area contributed by atoms with Crippen molar-refractivity contribution in [2.75, 3.05) is 13.1 Å². The third kappa shape index (κ3) is 3.18. The summed E-state index contributed by atoms with van der Waals surface area (Å²) in [5.74, 6) is -0.579. The van der Waals surface area contributed by atoms with Crippen LogP contribution in [0.5, 0.6) is 0 Å². The first-order valence-corrected chi connectivity index (χ1v) is 6.50. The van der Waals surface area contributed by atoms with Crippen molar-refractivity contribution < 1.29 is 18.0 Å². The molecule has 0 atom stereocenters. The van der Waals surface area contributed by atoms with Crippen LogP contribution >= 0.6 is 15.9 Å². The Bertz CT molecular complexity index is 525. The highest BCUT2D eigenvalue weighted by Crippen LogP contribution is 2.34. The van der Waals surface area contributed by atoms with E-state index in [0.29, 0.717) is 24.0 Å². The van der Waals surface area contributed by atoms with Gasteiger partial charge in [0, 0.05) is 17.6 Å². The number of benzene rings is 1. The number of nitrogens with zero attached hydrogens (tertiary/aromatic N) is 1. The van der Waals surface area contributed by atoms with Gasteiger partial charge in [0.25, 0.3) is 5.91 Å². The maximum absolute atomic E-state index is 13.0. The smallest absolute Gasteiger partial charge is 0.335 e.